The number of nitrogens with one attached hydrogen (secondary N) is 1. The quantitative estimate of drug-likeness (QED) is 0.394. The second-order valence-corrected chi connectivity index (χ2v) is 5.48. The lowest BCUT2D eigenvalue weighted by atomic mass is 10.1. The van der Waals surface area contributed by atoms with Gasteiger partial charge in [0.1, 0.15) is 0 Å². The molecule has 0 spiro atoms. The van der Waals surface area contributed by atoms with E-state index < -0.39 is 0 Å². The Balaban J connectivity index is 0.00000312. The molecule has 0 aliphatic heterocycles. The van der Waals surface area contributed by atoms with Crippen molar-refractivity contribution in [2.24, 2.45) is 17.8 Å². The van der Waals surface area contributed by atoms with Crippen molar-refractivity contribution in [1.29, 1.82) is 0 Å². The number of hydrogen-bond acceptors (Lipinski definition) is 4. The molecule has 138 valence electrons. The SMILES string of the molecule is COc1ccc(NC(N)=NCCc2c(C)nn(C)c2C)cc1OC.I. The molecule has 1 aromatic carbocycles. The van der Waals surface area contributed by atoms with Crippen molar-refractivity contribution in [2.75, 3.05) is 26.1 Å². The Hall–Kier alpha value is -1.97. The highest BCUT2D eigenvalue weighted by Crippen LogP contribution is 2.29. The number of ether oxygens (including phenoxy) is 2. The van der Waals surface area contributed by atoms with Gasteiger partial charge in [-0.25, -0.2) is 0 Å². The molecule has 0 amide bonds. The van der Waals surface area contributed by atoms with E-state index in [9.17, 15) is 0 Å². The second kappa shape index (κ2) is 9.50. The molecule has 0 fully saturated rings. The van der Waals surface area contributed by atoms with Crippen molar-refractivity contribution in [1.82, 2.24) is 9.78 Å². The van der Waals surface area contributed by atoms with Gasteiger partial charge >= 0.3 is 0 Å². The number of aromatic nitrogens is 2. The molecular weight excluding hydrogens is 433 g/mol. The van der Waals surface area contributed by atoms with Crippen LogP contribution in [0.4, 0.5) is 5.69 Å². The molecule has 1 aromatic heterocycles. The van der Waals surface area contributed by atoms with Crippen LogP contribution in [-0.4, -0.2) is 36.5 Å². The number of halogens is 1. The molecule has 8 heteroatoms. The Morgan fingerprint density at radius 3 is 2.48 bits per heavy atom. The molecule has 0 bridgehead atoms. The first-order valence-corrected chi connectivity index (χ1v) is 7.74. The van der Waals surface area contributed by atoms with E-state index in [0.29, 0.717) is 24.0 Å². The Bertz CT molecular complexity index is 743. The van der Waals surface area contributed by atoms with E-state index in [2.05, 4.69) is 22.3 Å². The van der Waals surface area contributed by atoms with Crippen LogP contribution in [0, 0.1) is 13.8 Å². The van der Waals surface area contributed by atoms with Gasteiger partial charge in [-0.05, 0) is 38.0 Å². The number of benzene rings is 1. The maximum Gasteiger partial charge on any atom is 0.193 e. The van der Waals surface area contributed by atoms with Crippen LogP contribution in [0.5, 0.6) is 11.5 Å². The molecule has 2 rings (SSSR count). The summed E-state index contributed by atoms with van der Waals surface area (Å²) in [6.07, 6.45) is 0.805. The molecule has 0 radical (unpaired) electrons. The van der Waals surface area contributed by atoms with E-state index in [0.717, 1.165) is 23.5 Å². The average molecular weight is 459 g/mol. The zero-order valence-corrected chi connectivity index (χ0v) is 17.6. The largest absolute Gasteiger partial charge is 0.493 e. The Kier molecular flexibility index (Phi) is 8.01. The van der Waals surface area contributed by atoms with Gasteiger partial charge in [-0.2, -0.15) is 5.10 Å². The van der Waals surface area contributed by atoms with Crippen molar-refractivity contribution in [2.45, 2.75) is 20.3 Å². The Morgan fingerprint density at radius 2 is 1.92 bits per heavy atom. The van der Waals surface area contributed by atoms with Crippen LogP contribution in [0.25, 0.3) is 0 Å². The third kappa shape index (κ3) is 5.25. The number of hydrogen-bond donors (Lipinski definition) is 2. The number of aliphatic imine (C=N–C) groups is 1. The molecule has 0 aliphatic rings. The predicted molar refractivity (Wildman–Crippen MR) is 111 cm³/mol. The molecule has 7 nitrogen and oxygen atoms in total. The minimum Gasteiger partial charge on any atom is -0.493 e. The highest BCUT2D eigenvalue weighted by Gasteiger charge is 2.09. The molecule has 0 unspecified atom stereocenters. The smallest absolute Gasteiger partial charge is 0.193 e. The summed E-state index contributed by atoms with van der Waals surface area (Å²) >= 11 is 0. The summed E-state index contributed by atoms with van der Waals surface area (Å²) in [7, 11) is 5.14. The predicted octanol–water partition coefficient (Wildman–Crippen LogP) is 2.64. The number of guanidine groups is 1. The minimum absolute atomic E-state index is 0. The van der Waals surface area contributed by atoms with Crippen LogP contribution >= 0.6 is 24.0 Å². The molecule has 0 saturated carbocycles. The zero-order chi connectivity index (χ0) is 17.7. The highest BCUT2D eigenvalue weighted by molar-refractivity contribution is 14.0. The molecule has 3 N–H and O–H groups in total. The standard InChI is InChI=1S/C17H25N5O2.HI/c1-11-14(12(2)22(3)21-11)8-9-19-17(18)20-13-6-7-15(23-4)16(10-13)24-5;/h6-7,10H,8-9H2,1-5H3,(H3,18,19,20);1H. The third-order valence-electron chi connectivity index (χ3n) is 3.96. The van der Waals surface area contributed by atoms with Gasteiger partial charge in [-0.3, -0.25) is 9.67 Å². The fourth-order valence-corrected chi connectivity index (χ4v) is 2.57. The third-order valence-corrected chi connectivity index (χ3v) is 3.96. The Morgan fingerprint density at radius 1 is 1.24 bits per heavy atom. The van der Waals surface area contributed by atoms with E-state index >= 15 is 0 Å². The molecule has 0 atom stereocenters. The maximum absolute atomic E-state index is 5.96. The first-order valence-electron chi connectivity index (χ1n) is 7.74. The monoisotopic (exact) mass is 459 g/mol. The van der Waals surface area contributed by atoms with Crippen LogP contribution in [0.15, 0.2) is 23.2 Å². The summed E-state index contributed by atoms with van der Waals surface area (Å²) in [5.74, 6) is 1.67. The summed E-state index contributed by atoms with van der Waals surface area (Å²) in [6, 6.07) is 5.49. The van der Waals surface area contributed by atoms with Crippen LogP contribution in [0.1, 0.15) is 17.0 Å². The molecule has 0 saturated heterocycles. The van der Waals surface area contributed by atoms with Crippen molar-refractivity contribution >= 4 is 35.6 Å². The van der Waals surface area contributed by atoms with Crippen molar-refractivity contribution in [3.63, 3.8) is 0 Å². The number of methoxy groups -OCH3 is 2. The van der Waals surface area contributed by atoms with E-state index in [4.69, 9.17) is 15.2 Å². The molecule has 1 heterocycles. The molecule has 2 aromatic rings. The fourth-order valence-electron chi connectivity index (χ4n) is 2.57. The average Bonchev–Trinajstić information content (AvgIpc) is 2.80. The van der Waals surface area contributed by atoms with E-state index in [1.807, 2.05) is 36.9 Å². The van der Waals surface area contributed by atoms with Gasteiger partial charge in [-0.1, -0.05) is 0 Å². The normalized spacial score (nSPS) is 11.0. The lowest BCUT2D eigenvalue weighted by Gasteiger charge is -2.11. The number of rotatable bonds is 6. The summed E-state index contributed by atoms with van der Waals surface area (Å²) in [5.41, 5.74) is 10.2. The summed E-state index contributed by atoms with van der Waals surface area (Å²) in [6.45, 7) is 4.67. The van der Waals surface area contributed by atoms with Gasteiger partial charge in [0.05, 0.1) is 19.9 Å². The van der Waals surface area contributed by atoms with Crippen LogP contribution in [0.3, 0.4) is 0 Å². The summed E-state index contributed by atoms with van der Waals surface area (Å²) < 4.78 is 12.4. The van der Waals surface area contributed by atoms with Gasteiger partial charge in [0.25, 0.3) is 0 Å². The van der Waals surface area contributed by atoms with Crippen molar-refractivity contribution < 1.29 is 9.47 Å². The Labute approximate surface area is 165 Å². The second-order valence-electron chi connectivity index (χ2n) is 5.48. The van der Waals surface area contributed by atoms with Crippen molar-refractivity contribution in [3.8, 4) is 11.5 Å². The number of anilines is 1. The molecular formula is C17H26IN5O2. The molecule has 0 aliphatic carbocycles. The topological polar surface area (TPSA) is 86.7 Å². The van der Waals surface area contributed by atoms with Gasteiger partial charge in [0.15, 0.2) is 17.5 Å². The lowest BCUT2D eigenvalue weighted by Crippen LogP contribution is -2.23. The first kappa shape index (κ1) is 21.1. The van der Waals surface area contributed by atoms with Crippen LogP contribution in [-0.2, 0) is 13.5 Å². The lowest BCUT2D eigenvalue weighted by molar-refractivity contribution is 0.355. The summed E-state index contributed by atoms with van der Waals surface area (Å²) in [4.78, 5) is 4.38. The van der Waals surface area contributed by atoms with Gasteiger partial charge in [0, 0.05) is 31.0 Å². The number of nitrogens with zero attached hydrogens (tertiary/aromatic N) is 3. The maximum atomic E-state index is 5.96. The van der Waals surface area contributed by atoms with Crippen LogP contribution < -0.4 is 20.5 Å². The van der Waals surface area contributed by atoms with Gasteiger partial charge in [-0.15, -0.1) is 24.0 Å². The molecule has 25 heavy (non-hydrogen) atoms. The van der Waals surface area contributed by atoms with Crippen LogP contribution in [0.2, 0.25) is 0 Å². The number of aryl methyl sites for hydroxylation is 2. The van der Waals surface area contributed by atoms with E-state index in [1.54, 1.807) is 14.2 Å². The zero-order valence-electron chi connectivity index (χ0n) is 15.3. The number of nitrogens with two attached hydrogens (primary N) is 1. The van der Waals surface area contributed by atoms with Gasteiger partial charge in [0.2, 0.25) is 0 Å². The fraction of sp³-hybridized carbons (Fsp3) is 0.412. The van der Waals surface area contributed by atoms with Crippen molar-refractivity contribution in [3.05, 3.63) is 35.2 Å². The highest BCUT2D eigenvalue weighted by atomic mass is 127. The first-order chi connectivity index (χ1) is 11.5. The van der Waals surface area contributed by atoms with Gasteiger partial charge < -0.3 is 20.5 Å². The minimum atomic E-state index is 0. The summed E-state index contributed by atoms with van der Waals surface area (Å²) in [5, 5.41) is 7.47. The van der Waals surface area contributed by atoms with E-state index in [1.165, 1.54) is 5.56 Å². The van der Waals surface area contributed by atoms with E-state index in [-0.39, 0.29) is 24.0 Å².